The van der Waals surface area contributed by atoms with E-state index in [-0.39, 0.29) is 18.8 Å². The van der Waals surface area contributed by atoms with Crippen LogP contribution in [0.5, 0.6) is 0 Å². The van der Waals surface area contributed by atoms with Gasteiger partial charge in [-0.15, -0.1) is 0 Å². The normalized spacial score (nSPS) is 10.8. The van der Waals surface area contributed by atoms with Gasteiger partial charge in [-0.2, -0.15) is 0 Å². The SMILES string of the molecule is Cc1ccc2c(CC(=O)OCC(=O)Nc3cc(C)on3)coc2c1. The smallest absolute Gasteiger partial charge is 0.310 e. The van der Waals surface area contributed by atoms with Gasteiger partial charge in [0, 0.05) is 17.0 Å². The lowest BCUT2D eigenvalue weighted by atomic mass is 10.1. The Morgan fingerprint density at radius 1 is 1.25 bits per heavy atom. The van der Waals surface area contributed by atoms with Gasteiger partial charge in [0.15, 0.2) is 12.4 Å². The molecule has 1 aromatic carbocycles. The molecule has 7 heteroatoms. The second kappa shape index (κ2) is 6.57. The number of aromatic nitrogens is 1. The topological polar surface area (TPSA) is 94.6 Å². The zero-order chi connectivity index (χ0) is 17.1. The first-order chi connectivity index (χ1) is 11.5. The van der Waals surface area contributed by atoms with Gasteiger partial charge >= 0.3 is 5.97 Å². The van der Waals surface area contributed by atoms with Crippen molar-refractivity contribution >= 4 is 28.7 Å². The fraction of sp³-hybridized carbons (Fsp3) is 0.235. The minimum Gasteiger partial charge on any atom is -0.464 e. The lowest BCUT2D eigenvalue weighted by molar-refractivity contribution is -0.146. The number of aryl methyl sites for hydroxylation is 2. The molecule has 2 heterocycles. The van der Waals surface area contributed by atoms with Gasteiger partial charge in [0.2, 0.25) is 0 Å². The molecule has 0 aliphatic rings. The summed E-state index contributed by atoms with van der Waals surface area (Å²) >= 11 is 0. The highest BCUT2D eigenvalue weighted by molar-refractivity contribution is 5.92. The van der Waals surface area contributed by atoms with E-state index in [1.165, 1.54) is 6.26 Å². The maximum Gasteiger partial charge on any atom is 0.310 e. The summed E-state index contributed by atoms with van der Waals surface area (Å²) in [4.78, 5) is 23.6. The number of esters is 1. The number of nitrogens with one attached hydrogen (secondary N) is 1. The predicted octanol–water partition coefficient (Wildman–Crippen LogP) is 2.76. The van der Waals surface area contributed by atoms with Crippen LogP contribution in [0.2, 0.25) is 0 Å². The van der Waals surface area contributed by atoms with Crippen LogP contribution < -0.4 is 5.32 Å². The monoisotopic (exact) mass is 328 g/mol. The summed E-state index contributed by atoms with van der Waals surface area (Å²) in [6.07, 6.45) is 1.57. The Morgan fingerprint density at radius 2 is 2.08 bits per heavy atom. The molecule has 0 unspecified atom stereocenters. The molecule has 7 nitrogen and oxygen atoms in total. The number of ether oxygens (including phenoxy) is 1. The first kappa shape index (κ1) is 15.8. The molecule has 3 aromatic rings. The molecule has 0 aliphatic heterocycles. The lowest BCUT2D eigenvalue weighted by Gasteiger charge is -2.04. The van der Waals surface area contributed by atoms with E-state index in [0.717, 1.165) is 22.1 Å². The summed E-state index contributed by atoms with van der Waals surface area (Å²) in [5.41, 5.74) is 2.52. The van der Waals surface area contributed by atoms with Gasteiger partial charge in [0.05, 0.1) is 12.7 Å². The Balaban J connectivity index is 1.54. The number of amides is 1. The quantitative estimate of drug-likeness (QED) is 0.724. The lowest BCUT2D eigenvalue weighted by Crippen LogP contribution is -2.21. The molecule has 0 fully saturated rings. The van der Waals surface area contributed by atoms with Gasteiger partial charge in [-0.25, -0.2) is 0 Å². The van der Waals surface area contributed by atoms with E-state index >= 15 is 0 Å². The van der Waals surface area contributed by atoms with Crippen molar-refractivity contribution in [2.45, 2.75) is 20.3 Å². The molecule has 24 heavy (non-hydrogen) atoms. The van der Waals surface area contributed by atoms with Crippen LogP contribution in [0.3, 0.4) is 0 Å². The van der Waals surface area contributed by atoms with E-state index in [2.05, 4.69) is 10.5 Å². The largest absolute Gasteiger partial charge is 0.464 e. The molecule has 0 saturated heterocycles. The number of rotatable bonds is 5. The first-order valence-electron chi connectivity index (χ1n) is 7.37. The number of benzene rings is 1. The Bertz CT molecular complexity index is 893. The van der Waals surface area contributed by atoms with Crippen LogP contribution in [0.25, 0.3) is 11.0 Å². The molecule has 0 aliphatic carbocycles. The van der Waals surface area contributed by atoms with Gasteiger partial charge < -0.3 is 19.0 Å². The van der Waals surface area contributed by atoms with Gasteiger partial charge in [-0.3, -0.25) is 9.59 Å². The first-order valence-corrected chi connectivity index (χ1v) is 7.37. The van der Waals surface area contributed by atoms with Crippen molar-refractivity contribution in [2.24, 2.45) is 0 Å². The molecule has 2 aromatic heterocycles. The maximum atomic E-state index is 11.9. The Hall–Kier alpha value is -3.09. The van der Waals surface area contributed by atoms with Gasteiger partial charge in [-0.05, 0) is 25.5 Å². The minimum atomic E-state index is -0.509. The number of nitrogens with zero attached hydrogens (tertiary/aromatic N) is 1. The molecule has 0 radical (unpaired) electrons. The van der Waals surface area contributed by atoms with E-state index < -0.39 is 11.9 Å². The number of hydrogen-bond acceptors (Lipinski definition) is 6. The van der Waals surface area contributed by atoms with Crippen LogP contribution in [0.15, 0.2) is 39.5 Å². The highest BCUT2D eigenvalue weighted by atomic mass is 16.5. The van der Waals surface area contributed by atoms with Crippen LogP contribution in [-0.4, -0.2) is 23.6 Å². The molecule has 0 saturated carbocycles. The van der Waals surface area contributed by atoms with Crippen molar-refractivity contribution < 1.29 is 23.3 Å². The van der Waals surface area contributed by atoms with E-state index in [9.17, 15) is 9.59 Å². The van der Waals surface area contributed by atoms with Crippen LogP contribution in [0.4, 0.5) is 5.82 Å². The van der Waals surface area contributed by atoms with Gasteiger partial charge in [0.1, 0.15) is 11.3 Å². The number of anilines is 1. The molecule has 0 spiro atoms. The molecular weight excluding hydrogens is 312 g/mol. The van der Waals surface area contributed by atoms with Crippen LogP contribution in [0.1, 0.15) is 16.9 Å². The number of hydrogen-bond donors (Lipinski definition) is 1. The summed E-state index contributed by atoms with van der Waals surface area (Å²) in [6.45, 7) is 3.28. The third kappa shape index (κ3) is 3.62. The van der Waals surface area contributed by atoms with E-state index in [4.69, 9.17) is 13.7 Å². The maximum absolute atomic E-state index is 11.9. The number of carbonyl (C=O) groups excluding carboxylic acids is 2. The van der Waals surface area contributed by atoms with E-state index in [0.29, 0.717) is 5.76 Å². The van der Waals surface area contributed by atoms with E-state index in [1.54, 1.807) is 13.0 Å². The van der Waals surface area contributed by atoms with Crippen molar-refractivity contribution in [3.8, 4) is 0 Å². The van der Waals surface area contributed by atoms with Crippen molar-refractivity contribution in [1.82, 2.24) is 5.16 Å². The summed E-state index contributed by atoms with van der Waals surface area (Å²) in [5.74, 6) is -0.136. The second-order valence-electron chi connectivity index (χ2n) is 5.47. The summed E-state index contributed by atoms with van der Waals surface area (Å²) in [6, 6.07) is 7.31. The van der Waals surface area contributed by atoms with Crippen molar-refractivity contribution in [3.63, 3.8) is 0 Å². The number of furan rings is 1. The molecule has 3 rings (SSSR count). The third-order valence-corrected chi connectivity index (χ3v) is 3.41. The fourth-order valence-electron chi connectivity index (χ4n) is 2.28. The van der Waals surface area contributed by atoms with Gasteiger partial charge in [-0.1, -0.05) is 17.3 Å². The van der Waals surface area contributed by atoms with Crippen LogP contribution in [-0.2, 0) is 20.7 Å². The third-order valence-electron chi connectivity index (χ3n) is 3.41. The summed E-state index contributed by atoms with van der Waals surface area (Å²) < 4.78 is 15.2. The van der Waals surface area contributed by atoms with Crippen molar-refractivity contribution in [3.05, 3.63) is 47.4 Å². The molecule has 1 N–H and O–H groups in total. The number of carbonyl (C=O) groups is 2. The summed E-state index contributed by atoms with van der Waals surface area (Å²) in [5, 5.41) is 6.96. The van der Waals surface area contributed by atoms with E-state index in [1.807, 2.05) is 25.1 Å². The average molecular weight is 328 g/mol. The second-order valence-corrected chi connectivity index (χ2v) is 5.47. The number of fused-ring (bicyclic) bond motifs is 1. The Kier molecular flexibility index (Phi) is 4.33. The average Bonchev–Trinajstić information content (AvgIpc) is 3.11. The minimum absolute atomic E-state index is 0.0341. The molecule has 124 valence electrons. The zero-order valence-electron chi connectivity index (χ0n) is 13.3. The predicted molar refractivity (Wildman–Crippen MR) is 85.5 cm³/mol. The Labute approximate surface area is 137 Å². The van der Waals surface area contributed by atoms with Crippen LogP contribution in [0, 0.1) is 13.8 Å². The van der Waals surface area contributed by atoms with Gasteiger partial charge in [0.25, 0.3) is 5.91 Å². The zero-order valence-corrected chi connectivity index (χ0v) is 13.3. The highest BCUT2D eigenvalue weighted by Gasteiger charge is 2.14. The van der Waals surface area contributed by atoms with Crippen LogP contribution >= 0.6 is 0 Å². The Morgan fingerprint density at radius 3 is 2.83 bits per heavy atom. The molecular formula is C17H16N2O5. The fourth-order valence-corrected chi connectivity index (χ4v) is 2.28. The highest BCUT2D eigenvalue weighted by Crippen LogP contribution is 2.22. The molecule has 0 bridgehead atoms. The standard InChI is InChI=1S/C17H16N2O5/c1-10-3-4-13-12(8-22-14(13)5-10)7-17(21)23-9-16(20)18-15-6-11(2)24-19-15/h3-6,8H,7,9H2,1-2H3,(H,18,19,20). The van der Waals surface area contributed by atoms with Crippen molar-refractivity contribution in [1.29, 1.82) is 0 Å². The summed E-state index contributed by atoms with van der Waals surface area (Å²) in [7, 11) is 0. The van der Waals surface area contributed by atoms with Crippen molar-refractivity contribution in [2.75, 3.05) is 11.9 Å². The molecule has 1 amide bonds. The molecule has 0 atom stereocenters.